The zero-order valence-electron chi connectivity index (χ0n) is 17.5. The average molecular weight is 413 g/mol. The first-order chi connectivity index (χ1) is 15.2. The highest BCUT2D eigenvalue weighted by Crippen LogP contribution is 2.33. The van der Waals surface area contributed by atoms with Crippen LogP contribution in [0.2, 0.25) is 0 Å². The van der Waals surface area contributed by atoms with Gasteiger partial charge < -0.3 is 14.4 Å². The molecule has 1 aliphatic rings. The Morgan fingerprint density at radius 1 is 0.935 bits per heavy atom. The van der Waals surface area contributed by atoms with E-state index in [0.29, 0.717) is 24.4 Å². The predicted molar refractivity (Wildman–Crippen MR) is 119 cm³/mol. The molecule has 0 saturated carbocycles. The number of aromatic nitrogens is 2. The van der Waals surface area contributed by atoms with Crippen molar-refractivity contribution in [1.82, 2.24) is 14.5 Å². The summed E-state index contributed by atoms with van der Waals surface area (Å²) in [7, 11) is 3.26. The van der Waals surface area contributed by atoms with Crippen LogP contribution < -0.4 is 9.47 Å². The summed E-state index contributed by atoms with van der Waals surface area (Å²) in [6.07, 6.45) is 2.58. The van der Waals surface area contributed by atoms with Crippen LogP contribution >= 0.6 is 0 Å². The molecular formula is C25H23N3O3. The van der Waals surface area contributed by atoms with Crippen LogP contribution in [0.25, 0.3) is 16.7 Å². The lowest BCUT2D eigenvalue weighted by Gasteiger charge is -2.29. The van der Waals surface area contributed by atoms with Gasteiger partial charge in [0.25, 0.3) is 5.91 Å². The van der Waals surface area contributed by atoms with Gasteiger partial charge in [0.2, 0.25) is 0 Å². The van der Waals surface area contributed by atoms with Crippen LogP contribution in [0.3, 0.4) is 0 Å². The topological polar surface area (TPSA) is 56.6 Å². The third-order valence-corrected chi connectivity index (χ3v) is 5.83. The molecule has 0 saturated heterocycles. The van der Waals surface area contributed by atoms with Crippen LogP contribution in [0.1, 0.15) is 21.5 Å². The number of hydrogen-bond donors (Lipinski definition) is 0. The molecule has 0 aliphatic carbocycles. The number of imidazole rings is 1. The van der Waals surface area contributed by atoms with E-state index in [1.165, 1.54) is 5.56 Å². The zero-order valence-corrected chi connectivity index (χ0v) is 17.5. The summed E-state index contributed by atoms with van der Waals surface area (Å²) in [5.74, 6) is 1.42. The highest BCUT2D eigenvalue weighted by molar-refractivity contribution is 5.97. The van der Waals surface area contributed by atoms with Gasteiger partial charge in [-0.05, 0) is 60.0 Å². The van der Waals surface area contributed by atoms with Gasteiger partial charge in [0.1, 0.15) is 6.33 Å². The Hall–Kier alpha value is -3.80. The van der Waals surface area contributed by atoms with Crippen LogP contribution in [0, 0.1) is 0 Å². The van der Waals surface area contributed by atoms with Gasteiger partial charge >= 0.3 is 0 Å². The Morgan fingerprint density at radius 3 is 2.42 bits per heavy atom. The quantitative estimate of drug-likeness (QED) is 0.502. The first-order valence-electron chi connectivity index (χ1n) is 10.2. The Kier molecular flexibility index (Phi) is 4.82. The predicted octanol–water partition coefficient (Wildman–Crippen LogP) is 4.24. The lowest BCUT2D eigenvalue weighted by atomic mass is 9.98. The summed E-state index contributed by atoms with van der Waals surface area (Å²) >= 11 is 0. The van der Waals surface area contributed by atoms with E-state index in [4.69, 9.17) is 9.47 Å². The minimum Gasteiger partial charge on any atom is -0.493 e. The smallest absolute Gasteiger partial charge is 0.254 e. The van der Waals surface area contributed by atoms with Crippen molar-refractivity contribution in [2.45, 2.75) is 13.0 Å². The normalized spacial score (nSPS) is 13.2. The average Bonchev–Trinajstić information content (AvgIpc) is 3.26. The third kappa shape index (κ3) is 3.40. The summed E-state index contributed by atoms with van der Waals surface area (Å²) in [4.78, 5) is 19.6. The second-order valence-corrected chi connectivity index (χ2v) is 7.61. The largest absolute Gasteiger partial charge is 0.493 e. The van der Waals surface area contributed by atoms with Crippen LogP contribution in [-0.4, -0.2) is 41.1 Å². The summed E-state index contributed by atoms with van der Waals surface area (Å²) in [5.41, 5.74) is 5.75. The van der Waals surface area contributed by atoms with Crippen molar-refractivity contribution in [3.8, 4) is 17.2 Å². The molecule has 3 aromatic carbocycles. The van der Waals surface area contributed by atoms with Crippen molar-refractivity contribution in [3.05, 3.63) is 83.7 Å². The maximum Gasteiger partial charge on any atom is 0.254 e. The second-order valence-electron chi connectivity index (χ2n) is 7.61. The number of rotatable bonds is 4. The standard InChI is InChI=1S/C25H23N3O3/c1-30-23-13-17-10-11-27(15-19(17)14-24(23)31-2)25(29)18-8-9-22-21(12-18)26-16-28(22)20-6-4-3-5-7-20/h3-9,12-14,16H,10-11,15H2,1-2H3. The maximum atomic E-state index is 13.2. The second kappa shape index (κ2) is 7.80. The number of hydrogen-bond acceptors (Lipinski definition) is 4. The molecule has 6 nitrogen and oxygen atoms in total. The maximum absolute atomic E-state index is 13.2. The number of carbonyl (C=O) groups is 1. The number of fused-ring (bicyclic) bond motifs is 2. The van der Waals surface area contributed by atoms with Crippen LogP contribution in [0.15, 0.2) is 67.0 Å². The molecule has 1 aromatic heterocycles. The van der Waals surface area contributed by atoms with E-state index in [0.717, 1.165) is 34.5 Å². The van der Waals surface area contributed by atoms with Crippen LogP contribution in [-0.2, 0) is 13.0 Å². The van der Waals surface area contributed by atoms with Crippen molar-refractivity contribution < 1.29 is 14.3 Å². The highest BCUT2D eigenvalue weighted by atomic mass is 16.5. The van der Waals surface area contributed by atoms with E-state index in [1.807, 2.05) is 70.1 Å². The van der Waals surface area contributed by atoms with Crippen LogP contribution in [0.4, 0.5) is 0 Å². The Balaban J connectivity index is 1.42. The van der Waals surface area contributed by atoms with Gasteiger partial charge in [0.15, 0.2) is 11.5 Å². The number of ether oxygens (including phenoxy) is 2. The minimum absolute atomic E-state index is 0.0107. The summed E-state index contributed by atoms with van der Waals surface area (Å²) < 4.78 is 12.9. The van der Waals surface area contributed by atoms with Crippen molar-refractivity contribution in [1.29, 1.82) is 0 Å². The number of para-hydroxylation sites is 1. The molecule has 1 aliphatic heterocycles. The molecule has 2 heterocycles. The van der Waals surface area contributed by atoms with E-state index >= 15 is 0 Å². The summed E-state index contributed by atoms with van der Waals surface area (Å²) in [6, 6.07) is 19.8. The number of nitrogens with zero attached hydrogens (tertiary/aromatic N) is 3. The van der Waals surface area contributed by atoms with E-state index in [2.05, 4.69) is 4.98 Å². The van der Waals surface area contributed by atoms with E-state index in [9.17, 15) is 4.79 Å². The zero-order chi connectivity index (χ0) is 21.4. The van der Waals surface area contributed by atoms with Gasteiger partial charge in [0.05, 0.1) is 25.3 Å². The van der Waals surface area contributed by atoms with Crippen molar-refractivity contribution in [2.24, 2.45) is 0 Å². The Morgan fingerprint density at radius 2 is 1.68 bits per heavy atom. The van der Waals surface area contributed by atoms with Crippen molar-refractivity contribution in [2.75, 3.05) is 20.8 Å². The molecule has 5 rings (SSSR count). The first-order valence-corrected chi connectivity index (χ1v) is 10.2. The van der Waals surface area contributed by atoms with E-state index in [1.54, 1.807) is 20.5 Å². The van der Waals surface area contributed by atoms with Gasteiger partial charge in [-0.3, -0.25) is 9.36 Å². The lowest BCUT2D eigenvalue weighted by molar-refractivity contribution is 0.0734. The molecule has 0 radical (unpaired) electrons. The number of carbonyl (C=O) groups excluding carboxylic acids is 1. The fraction of sp³-hybridized carbons (Fsp3) is 0.200. The van der Waals surface area contributed by atoms with E-state index < -0.39 is 0 Å². The molecule has 1 amide bonds. The highest BCUT2D eigenvalue weighted by Gasteiger charge is 2.24. The molecule has 0 atom stereocenters. The fourth-order valence-corrected chi connectivity index (χ4v) is 4.18. The molecule has 0 bridgehead atoms. The molecule has 156 valence electrons. The summed E-state index contributed by atoms with van der Waals surface area (Å²) in [5, 5.41) is 0. The van der Waals surface area contributed by atoms with Gasteiger partial charge in [0, 0.05) is 24.3 Å². The van der Waals surface area contributed by atoms with Gasteiger partial charge in [-0.25, -0.2) is 4.98 Å². The Labute approximate surface area is 180 Å². The van der Waals surface area contributed by atoms with Gasteiger partial charge in [-0.15, -0.1) is 0 Å². The third-order valence-electron chi connectivity index (χ3n) is 5.83. The van der Waals surface area contributed by atoms with E-state index in [-0.39, 0.29) is 5.91 Å². The molecule has 0 unspecified atom stereocenters. The SMILES string of the molecule is COc1cc2c(cc1OC)CN(C(=O)c1ccc3c(c1)ncn3-c1ccccc1)CC2. The molecule has 0 fully saturated rings. The lowest BCUT2D eigenvalue weighted by Crippen LogP contribution is -2.36. The monoisotopic (exact) mass is 413 g/mol. The molecule has 0 N–H and O–H groups in total. The van der Waals surface area contributed by atoms with Crippen molar-refractivity contribution >= 4 is 16.9 Å². The fourth-order valence-electron chi connectivity index (χ4n) is 4.18. The first kappa shape index (κ1) is 19.2. The molecule has 6 heteroatoms. The molecule has 0 spiro atoms. The van der Waals surface area contributed by atoms with Gasteiger partial charge in [-0.2, -0.15) is 0 Å². The molecule has 31 heavy (non-hydrogen) atoms. The number of amides is 1. The number of methoxy groups -OCH3 is 2. The molecular weight excluding hydrogens is 390 g/mol. The van der Waals surface area contributed by atoms with Crippen LogP contribution in [0.5, 0.6) is 11.5 Å². The Bertz CT molecular complexity index is 1260. The van der Waals surface area contributed by atoms with Gasteiger partial charge in [-0.1, -0.05) is 18.2 Å². The number of benzene rings is 3. The van der Waals surface area contributed by atoms with Crippen molar-refractivity contribution in [3.63, 3.8) is 0 Å². The minimum atomic E-state index is 0.0107. The summed E-state index contributed by atoms with van der Waals surface area (Å²) in [6.45, 7) is 1.21. The molecule has 4 aromatic rings.